The Kier molecular flexibility index (Phi) is 14.8. The van der Waals surface area contributed by atoms with Crippen LogP contribution in [0.2, 0.25) is 0 Å². The van der Waals surface area contributed by atoms with Crippen LogP contribution < -0.4 is 21.3 Å². The van der Waals surface area contributed by atoms with E-state index in [9.17, 15) is 19.2 Å². The summed E-state index contributed by atoms with van der Waals surface area (Å²) in [5, 5.41) is 13.1. The third-order valence-corrected chi connectivity index (χ3v) is 14.1. The number of aromatic amines is 1. The molecule has 5 N–H and O–H groups in total. The summed E-state index contributed by atoms with van der Waals surface area (Å²) in [5.41, 5.74) is 6.74. The van der Waals surface area contributed by atoms with Gasteiger partial charge in [0.25, 0.3) is 5.91 Å². The molecule has 14 nitrogen and oxygen atoms in total. The number of amides is 4. The van der Waals surface area contributed by atoms with E-state index in [-0.39, 0.29) is 29.9 Å². The Bertz CT molecular complexity index is 2530. The molecule has 2 saturated carbocycles. The summed E-state index contributed by atoms with van der Waals surface area (Å²) < 4.78 is 11.4. The van der Waals surface area contributed by atoms with Crippen LogP contribution in [0, 0.1) is 5.92 Å². The molecule has 3 unspecified atom stereocenters. The van der Waals surface area contributed by atoms with Crippen molar-refractivity contribution in [3.8, 4) is 11.3 Å². The highest BCUT2D eigenvalue weighted by molar-refractivity contribution is 5.95. The van der Waals surface area contributed by atoms with Crippen molar-refractivity contribution in [3.05, 3.63) is 138 Å². The lowest BCUT2D eigenvalue weighted by Crippen LogP contribution is -2.58. The van der Waals surface area contributed by atoms with E-state index in [0.29, 0.717) is 49.6 Å². The van der Waals surface area contributed by atoms with Crippen LogP contribution in [-0.2, 0) is 19.1 Å². The molecule has 0 spiro atoms. The first-order valence-corrected chi connectivity index (χ1v) is 25.1. The first-order valence-electron chi connectivity index (χ1n) is 25.1. The molecule has 2 aliphatic heterocycles. The Labute approximate surface area is 405 Å². The highest BCUT2D eigenvalue weighted by atomic mass is 16.6. The number of carbonyl (C=O) groups is 4. The lowest BCUT2D eigenvalue weighted by atomic mass is 9.90. The Morgan fingerprint density at radius 3 is 2.23 bits per heavy atom. The fourth-order valence-corrected chi connectivity index (χ4v) is 10.4. The molecule has 0 radical (unpaired) electrons. The number of hydrogen-bond acceptors (Lipinski definition) is 9. The maximum atomic E-state index is 14.3. The first kappa shape index (κ1) is 47.2. The lowest BCUT2D eigenvalue weighted by molar-refractivity contribution is -0.134. The van der Waals surface area contributed by atoms with Crippen molar-refractivity contribution < 1.29 is 28.7 Å². The molecule has 3 aromatic rings. The molecular weight excluding hydrogens is 869 g/mol. The summed E-state index contributed by atoms with van der Waals surface area (Å²) in [6.07, 6.45) is 28.4. The monoisotopic (exact) mass is 935 g/mol. The zero-order valence-corrected chi connectivity index (χ0v) is 39.9. The molecule has 2 fully saturated rings. The molecule has 14 heteroatoms. The van der Waals surface area contributed by atoms with E-state index in [2.05, 4.69) is 88.7 Å². The molecule has 4 amide bonds. The van der Waals surface area contributed by atoms with Gasteiger partial charge in [-0.1, -0.05) is 104 Å². The Balaban J connectivity index is 0.801. The van der Waals surface area contributed by atoms with Crippen molar-refractivity contribution in [3.63, 3.8) is 0 Å². The summed E-state index contributed by atoms with van der Waals surface area (Å²) in [6, 6.07) is 16.1. The number of rotatable bonds is 16. The van der Waals surface area contributed by atoms with E-state index in [0.717, 1.165) is 104 Å². The zero-order valence-electron chi connectivity index (χ0n) is 39.9. The molecule has 6 aliphatic rings. The van der Waals surface area contributed by atoms with Gasteiger partial charge in [0.1, 0.15) is 30.0 Å². The molecular formula is C55H66N8O6. The normalized spacial score (nSPS) is 22.1. The van der Waals surface area contributed by atoms with Crippen LogP contribution in [0.25, 0.3) is 22.5 Å². The Morgan fingerprint density at radius 1 is 0.884 bits per heavy atom. The van der Waals surface area contributed by atoms with Crippen molar-refractivity contribution in [2.24, 2.45) is 5.92 Å². The number of nitrogens with zero attached hydrogens (tertiary/aromatic N) is 3. The van der Waals surface area contributed by atoms with Gasteiger partial charge in [0.05, 0.1) is 24.1 Å². The molecule has 0 bridgehead atoms. The summed E-state index contributed by atoms with van der Waals surface area (Å²) in [6.45, 7) is 5.51. The fraction of sp³-hybridized carbons (Fsp3) is 0.436. The van der Waals surface area contributed by atoms with E-state index in [1.54, 1.807) is 11.1 Å². The molecule has 3 heterocycles. The smallest absolute Gasteiger partial charge is 0.408 e. The van der Waals surface area contributed by atoms with Gasteiger partial charge in [-0.15, -0.1) is 0 Å². The van der Waals surface area contributed by atoms with Crippen molar-refractivity contribution in [1.82, 2.24) is 41.0 Å². The van der Waals surface area contributed by atoms with Crippen LogP contribution in [-0.4, -0.2) is 87.3 Å². The van der Waals surface area contributed by atoms with Gasteiger partial charge in [0.15, 0.2) is 5.82 Å². The Morgan fingerprint density at radius 2 is 1.58 bits per heavy atom. The topological polar surface area (TPSA) is 170 Å². The summed E-state index contributed by atoms with van der Waals surface area (Å²) in [7, 11) is 0. The molecule has 4 aliphatic carbocycles. The van der Waals surface area contributed by atoms with Crippen LogP contribution in [0.3, 0.4) is 0 Å². The van der Waals surface area contributed by atoms with Crippen molar-refractivity contribution >= 4 is 35.3 Å². The van der Waals surface area contributed by atoms with E-state index in [1.807, 2.05) is 59.7 Å². The van der Waals surface area contributed by atoms with Gasteiger partial charge >= 0.3 is 12.2 Å². The molecule has 362 valence electrons. The van der Waals surface area contributed by atoms with Crippen LogP contribution >= 0.6 is 0 Å². The van der Waals surface area contributed by atoms with E-state index in [1.165, 1.54) is 0 Å². The van der Waals surface area contributed by atoms with Gasteiger partial charge < -0.3 is 45.5 Å². The number of nitrogens with one attached hydrogen (secondary N) is 5. The van der Waals surface area contributed by atoms with Gasteiger partial charge in [-0.05, 0) is 118 Å². The SMILES string of the molecule is CCCN(CC1(C)NC=C(C2C=CC(c3ccc(-c4cnc(C5=CCCN5C(=O)[C@H](NC(=O)OC5CCCC5)C5=CC=CCC5)[nH]4)cc3)=CC2)N1)C(=O)C(NC(=O)OC1CCCC1)c1ccccc1. The van der Waals surface area contributed by atoms with Crippen LogP contribution in [0.4, 0.5) is 9.59 Å². The molecule has 9 rings (SSSR count). The van der Waals surface area contributed by atoms with Crippen molar-refractivity contribution in [1.29, 1.82) is 0 Å². The van der Waals surface area contributed by atoms with Crippen LogP contribution in [0.15, 0.2) is 121 Å². The average molecular weight is 935 g/mol. The number of ether oxygens (including phenoxy) is 2. The third-order valence-electron chi connectivity index (χ3n) is 14.1. The minimum Gasteiger partial charge on any atom is -0.446 e. The maximum absolute atomic E-state index is 14.3. The quantitative estimate of drug-likeness (QED) is 0.0940. The maximum Gasteiger partial charge on any atom is 0.408 e. The van der Waals surface area contributed by atoms with E-state index < -0.39 is 29.9 Å². The largest absolute Gasteiger partial charge is 0.446 e. The van der Waals surface area contributed by atoms with Crippen molar-refractivity contribution in [2.75, 3.05) is 19.6 Å². The van der Waals surface area contributed by atoms with E-state index >= 15 is 0 Å². The second-order valence-corrected chi connectivity index (χ2v) is 19.3. The molecule has 0 saturated heterocycles. The number of aromatic nitrogens is 2. The molecule has 4 atom stereocenters. The fourth-order valence-electron chi connectivity index (χ4n) is 10.4. The van der Waals surface area contributed by atoms with Gasteiger partial charge in [-0.25, -0.2) is 14.6 Å². The standard InChI is InChI=1S/C55H66N8O6/c1-3-32-62(51(64)48(41-15-6-4-7-16-41)59-53(66)68-43-19-10-11-20-43)36-55(2)57-35-46(61-55)40-30-26-38(27-31-40)37-24-28-39(29-25-37)45-34-56-50(58-45)47-23-14-33-63(47)52(65)49(42-17-8-5-9-18-42)60-54(67)69-44-21-12-13-22-44/h4-8,15-17,23-30,34-35,40,43-44,48-49,57,61H,3,9-14,18-22,31-33,36H2,1-2H3,(H,56,58)(H,59,66)(H,60,67)/t40?,48?,49-,55?/m1/s1. The number of H-pyrrole nitrogens is 1. The number of carbonyl (C=O) groups excluding carboxylic acids is 4. The van der Waals surface area contributed by atoms with E-state index in [4.69, 9.17) is 14.5 Å². The zero-order chi connectivity index (χ0) is 47.7. The highest BCUT2D eigenvalue weighted by Crippen LogP contribution is 2.33. The van der Waals surface area contributed by atoms with Gasteiger partial charge in [0, 0.05) is 30.9 Å². The highest BCUT2D eigenvalue weighted by Gasteiger charge is 2.38. The van der Waals surface area contributed by atoms with Crippen molar-refractivity contribution in [2.45, 2.75) is 127 Å². The minimum absolute atomic E-state index is 0.101. The first-order chi connectivity index (χ1) is 33.6. The number of benzene rings is 2. The predicted octanol–water partition coefficient (Wildman–Crippen LogP) is 9.32. The summed E-state index contributed by atoms with van der Waals surface area (Å²) in [4.78, 5) is 66.5. The van der Waals surface area contributed by atoms with Crippen LogP contribution in [0.5, 0.6) is 0 Å². The Hall–Kier alpha value is -6.83. The molecule has 1 aromatic heterocycles. The summed E-state index contributed by atoms with van der Waals surface area (Å²) in [5.74, 6) is 0.345. The number of alkyl carbamates (subject to hydrolysis) is 2. The minimum atomic E-state index is -0.873. The molecule has 69 heavy (non-hydrogen) atoms. The predicted molar refractivity (Wildman–Crippen MR) is 266 cm³/mol. The number of hydrogen-bond donors (Lipinski definition) is 5. The number of imidazole rings is 1. The van der Waals surface area contributed by atoms with Crippen LogP contribution in [0.1, 0.15) is 120 Å². The van der Waals surface area contributed by atoms with Gasteiger partial charge in [-0.2, -0.15) is 0 Å². The second-order valence-electron chi connectivity index (χ2n) is 19.3. The van der Waals surface area contributed by atoms with Gasteiger partial charge in [0.2, 0.25) is 5.91 Å². The summed E-state index contributed by atoms with van der Waals surface area (Å²) >= 11 is 0. The lowest BCUT2D eigenvalue weighted by Gasteiger charge is -2.36. The van der Waals surface area contributed by atoms with Gasteiger partial charge in [-0.3, -0.25) is 9.59 Å². The third kappa shape index (κ3) is 11.4. The second kappa shape index (κ2) is 21.6. The average Bonchev–Trinajstić information content (AvgIpc) is 4.25. The number of allylic oxidation sites excluding steroid dienone is 7. The molecule has 2 aromatic carbocycles.